The quantitative estimate of drug-likeness (QED) is 0.804. The molecule has 1 aliphatic heterocycles. The number of nitrogens with zero attached hydrogens (tertiary/aromatic N) is 1. The van der Waals surface area contributed by atoms with Gasteiger partial charge in [-0.15, -0.1) is 11.3 Å². The zero-order chi connectivity index (χ0) is 13.0. The van der Waals surface area contributed by atoms with Gasteiger partial charge in [-0.2, -0.15) is 0 Å². The van der Waals surface area contributed by atoms with E-state index in [1.807, 2.05) is 11.3 Å². The summed E-state index contributed by atoms with van der Waals surface area (Å²) in [6.45, 7) is 10.5. The second-order valence-corrected chi connectivity index (χ2v) is 6.37. The second-order valence-electron chi connectivity index (χ2n) is 5.25. The van der Waals surface area contributed by atoms with Gasteiger partial charge in [0, 0.05) is 23.9 Å². The molecule has 1 unspecified atom stereocenters. The number of rotatable bonds is 6. The van der Waals surface area contributed by atoms with Gasteiger partial charge in [-0.25, -0.2) is 4.98 Å². The lowest BCUT2D eigenvalue weighted by Crippen LogP contribution is -2.14. The number of hydrogen-bond acceptors (Lipinski definition) is 4. The third-order valence-electron chi connectivity index (χ3n) is 3.28. The molecule has 4 heteroatoms. The van der Waals surface area contributed by atoms with Crippen molar-refractivity contribution in [3.8, 4) is 0 Å². The van der Waals surface area contributed by atoms with Gasteiger partial charge in [0.2, 0.25) is 0 Å². The molecule has 0 saturated carbocycles. The van der Waals surface area contributed by atoms with Crippen molar-refractivity contribution in [3.05, 3.63) is 15.6 Å². The summed E-state index contributed by atoms with van der Waals surface area (Å²) in [5, 5.41) is 4.77. The minimum absolute atomic E-state index is 0.510. The first-order valence-corrected chi connectivity index (χ1v) is 7.82. The van der Waals surface area contributed by atoms with Crippen molar-refractivity contribution in [2.24, 2.45) is 0 Å². The van der Waals surface area contributed by atoms with Crippen molar-refractivity contribution >= 4 is 11.3 Å². The van der Waals surface area contributed by atoms with E-state index in [9.17, 15) is 0 Å². The van der Waals surface area contributed by atoms with Crippen molar-refractivity contribution < 1.29 is 4.74 Å². The molecule has 0 bridgehead atoms. The number of hydrogen-bond donors (Lipinski definition) is 1. The van der Waals surface area contributed by atoms with E-state index in [-0.39, 0.29) is 0 Å². The van der Waals surface area contributed by atoms with Gasteiger partial charge in [-0.05, 0) is 25.3 Å². The van der Waals surface area contributed by atoms with Crippen molar-refractivity contribution in [1.82, 2.24) is 10.3 Å². The molecule has 1 aromatic rings. The summed E-state index contributed by atoms with van der Waals surface area (Å²) >= 11 is 1.88. The van der Waals surface area contributed by atoms with Crippen molar-refractivity contribution in [2.75, 3.05) is 19.8 Å². The maximum atomic E-state index is 5.47. The Morgan fingerprint density at radius 1 is 1.50 bits per heavy atom. The van der Waals surface area contributed by atoms with Gasteiger partial charge < -0.3 is 10.1 Å². The van der Waals surface area contributed by atoms with Gasteiger partial charge in [-0.1, -0.05) is 20.8 Å². The molecule has 1 aromatic heterocycles. The van der Waals surface area contributed by atoms with Crippen LogP contribution < -0.4 is 5.32 Å². The molecular weight excluding hydrogens is 244 g/mol. The molecule has 2 heterocycles. The van der Waals surface area contributed by atoms with Gasteiger partial charge in [-0.3, -0.25) is 0 Å². The standard InChI is InChI=1S/C14H24N2OS/c1-4-6-15-8-12-13(10(2)3)16-14(18-12)11-5-7-17-9-11/h10-11,15H,4-9H2,1-3H3. The smallest absolute Gasteiger partial charge is 0.0986 e. The average Bonchev–Trinajstić information content (AvgIpc) is 2.97. The lowest BCUT2D eigenvalue weighted by Gasteiger charge is -2.05. The van der Waals surface area contributed by atoms with Crippen molar-refractivity contribution in [2.45, 2.75) is 52.0 Å². The number of aromatic nitrogens is 1. The van der Waals surface area contributed by atoms with Gasteiger partial charge >= 0.3 is 0 Å². The van der Waals surface area contributed by atoms with E-state index in [2.05, 4.69) is 26.1 Å². The lowest BCUT2D eigenvalue weighted by molar-refractivity contribution is 0.194. The SMILES string of the molecule is CCCNCc1sc(C2CCOC2)nc1C(C)C. The number of ether oxygens (including phenoxy) is 1. The highest BCUT2D eigenvalue weighted by Crippen LogP contribution is 2.33. The summed E-state index contributed by atoms with van der Waals surface area (Å²) < 4.78 is 5.47. The Morgan fingerprint density at radius 3 is 2.94 bits per heavy atom. The van der Waals surface area contributed by atoms with Crippen molar-refractivity contribution in [1.29, 1.82) is 0 Å². The molecule has 1 atom stereocenters. The molecule has 0 amide bonds. The summed E-state index contributed by atoms with van der Waals surface area (Å²) in [6, 6.07) is 0. The first-order chi connectivity index (χ1) is 8.72. The van der Waals surface area contributed by atoms with Crippen LogP contribution in [0.5, 0.6) is 0 Å². The van der Waals surface area contributed by atoms with Crippen molar-refractivity contribution in [3.63, 3.8) is 0 Å². The molecule has 0 aromatic carbocycles. The average molecular weight is 268 g/mol. The van der Waals surface area contributed by atoms with Crippen LogP contribution in [0.3, 0.4) is 0 Å². The van der Waals surface area contributed by atoms with E-state index in [4.69, 9.17) is 9.72 Å². The highest BCUT2D eigenvalue weighted by atomic mass is 32.1. The third kappa shape index (κ3) is 3.31. The fourth-order valence-electron chi connectivity index (χ4n) is 2.24. The Labute approximate surface area is 114 Å². The molecule has 1 saturated heterocycles. The molecule has 0 aliphatic carbocycles. The minimum Gasteiger partial charge on any atom is -0.381 e. The second kappa shape index (κ2) is 6.64. The van der Waals surface area contributed by atoms with E-state index in [0.717, 1.165) is 32.7 Å². The zero-order valence-electron chi connectivity index (χ0n) is 11.7. The van der Waals surface area contributed by atoms with E-state index >= 15 is 0 Å². The van der Waals surface area contributed by atoms with Gasteiger partial charge in [0.25, 0.3) is 0 Å². The fraction of sp³-hybridized carbons (Fsp3) is 0.786. The highest BCUT2D eigenvalue weighted by molar-refractivity contribution is 7.11. The maximum absolute atomic E-state index is 5.47. The summed E-state index contributed by atoms with van der Waals surface area (Å²) in [5.74, 6) is 1.04. The molecule has 1 N–H and O–H groups in total. The Balaban J connectivity index is 2.10. The molecule has 102 valence electrons. The van der Waals surface area contributed by atoms with Crippen LogP contribution in [-0.4, -0.2) is 24.7 Å². The van der Waals surface area contributed by atoms with Gasteiger partial charge in [0.1, 0.15) is 0 Å². The van der Waals surface area contributed by atoms with E-state index in [0.29, 0.717) is 11.8 Å². The first kappa shape index (κ1) is 14.0. The third-order valence-corrected chi connectivity index (χ3v) is 4.52. The van der Waals surface area contributed by atoms with Crippen LogP contribution in [0.1, 0.15) is 61.0 Å². The van der Waals surface area contributed by atoms with Crippen LogP contribution >= 0.6 is 11.3 Å². The number of nitrogens with one attached hydrogen (secondary N) is 1. The fourth-order valence-corrected chi connectivity index (χ4v) is 3.55. The highest BCUT2D eigenvalue weighted by Gasteiger charge is 2.23. The normalized spacial score (nSPS) is 19.9. The van der Waals surface area contributed by atoms with E-state index in [1.165, 1.54) is 22.0 Å². The molecule has 3 nitrogen and oxygen atoms in total. The van der Waals surface area contributed by atoms with Gasteiger partial charge in [0.15, 0.2) is 0 Å². The van der Waals surface area contributed by atoms with Gasteiger partial charge in [0.05, 0.1) is 17.3 Å². The zero-order valence-corrected chi connectivity index (χ0v) is 12.5. The predicted octanol–water partition coefficient (Wildman–Crippen LogP) is 3.27. The van der Waals surface area contributed by atoms with E-state index in [1.54, 1.807) is 0 Å². The lowest BCUT2D eigenvalue weighted by atomic mass is 10.1. The van der Waals surface area contributed by atoms with Crippen LogP contribution in [0.25, 0.3) is 0 Å². The molecule has 0 spiro atoms. The minimum atomic E-state index is 0.510. The Bertz CT molecular complexity index is 370. The first-order valence-electron chi connectivity index (χ1n) is 7.00. The largest absolute Gasteiger partial charge is 0.381 e. The Hall–Kier alpha value is -0.450. The molecule has 1 fully saturated rings. The van der Waals surface area contributed by atoms with Crippen LogP contribution in [0, 0.1) is 0 Å². The monoisotopic (exact) mass is 268 g/mol. The Kier molecular flexibility index (Phi) is 5.15. The summed E-state index contributed by atoms with van der Waals surface area (Å²) in [7, 11) is 0. The molecular formula is C14H24N2OS. The molecule has 0 radical (unpaired) electrons. The topological polar surface area (TPSA) is 34.1 Å². The molecule has 2 rings (SSSR count). The number of thiazole rings is 1. The Morgan fingerprint density at radius 2 is 2.33 bits per heavy atom. The molecule has 18 heavy (non-hydrogen) atoms. The maximum Gasteiger partial charge on any atom is 0.0986 e. The predicted molar refractivity (Wildman–Crippen MR) is 76.4 cm³/mol. The van der Waals surface area contributed by atoms with Crippen LogP contribution in [-0.2, 0) is 11.3 Å². The van der Waals surface area contributed by atoms with Crippen LogP contribution in [0.2, 0.25) is 0 Å². The summed E-state index contributed by atoms with van der Waals surface area (Å²) in [4.78, 5) is 6.29. The van der Waals surface area contributed by atoms with Crippen LogP contribution in [0.4, 0.5) is 0 Å². The summed E-state index contributed by atoms with van der Waals surface area (Å²) in [6.07, 6.45) is 2.31. The van der Waals surface area contributed by atoms with Crippen LogP contribution in [0.15, 0.2) is 0 Å². The van der Waals surface area contributed by atoms with E-state index < -0.39 is 0 Å². The molecule has 1 aliphatic rings. The summed E-state index contributed by atoms with van der Waals surface area (Å²) in [5.41, 5.74) is 1.28.